The molecule has 140 valence electrons. The maximum absolute atomic E-state index is 13.1. The molecule has 1 aliphatic heterocycles. The van der Waals surface area contributed by atoms with Gasteiger partial charge in [-0.15, -0.1) is 11.3 Å². The highest BCUT2D eigenvalue weighted by atomic mass is 32.1. The molecule has 2 aliphatic rings. The molecule has 0 saturated heterocycles. The second-order valence-electron chi connectivity index (χ2n) is 7.54. The quantitative estimate of drug-likeness (QED) is 0.850. The molecule has 0 bridgehead atoms. The number of nitriles is 1. The highest BCUT2D eigenvalue weighted by molar-refractivity contribution is 7.10. The van der Waals surface area contributed by atoms with Gasteiger partial charge < -0.3 is 4.90 Å². The lowest BCUT2D eigenvalue weighted by molar-refractivity contribution is -0.133. The lowest BCUT2D eigenvalue weighted by Crippen LogP contribution is -2.53. The van der Waals surface area contributed by atoms with Crippen LogP contribution in [0.3, 0.4) is 0 Å². The van der Waals surface area contributed by atoms with Gasteiger partial charge >= 0.3 is 0 Å². The van der Waals surface area contributed by atoms with Gasteiger partial charge in [-0.1, -0.05) is 19.1 Å². The van der Waals surface area contributed by atoms with Gasteiger partial charge in [-0.2, -0.15) is 5.26 Å². The fourth-order valence-electron chi connectivity index (χ4n) is 4.47. The zero-order chi connectivity index (χ0) is 18.9. The first kappa shape index (κ1) is 18.2. The summed E-state index contributed by atoms with van der Waals surface area (Å²) in [6.45, 7) is 3.32. The van der Waals surface area contributed by atoms with Gasteiger partial charge in [-0.3, -0.25) is 10.1 Å². The summed E-state index contributed by atoms with van der Waals surface area (Å²) in [7, 11) is 0. The molecule has 1 saturated carbocycles. The van der Waals surface area contributed by atoms with Gasteiger partial charge in [-0.25, -0.2) is 0 Å². The van der Waals surface area contributed by atoms with Crippen molar-refractivity contribution in [3.8, 4) is 6.07 Å². The van der Waals surface area contributed by atoms with Gasteiger partial charge in [0, 0.05) is 17.0 Å². The van der Waals surface area contributed by atoms with Crippen molar-refractivity contribution >= 4 is 17.2 Å². The zero-order valence-electron chi connectivity index (χ0n) is 15.7. The van der Waals surface area contributed by atoms with Crippen LogP contribution >= 0.6 is 11.3 Å². The number of carbonyl (C=O) groups is 1. The fourth-order valence-corrected chi connectivity index (χ4v) is 5.39. The number of amides is 1. The van der Waals surface area contributed by atoms with Gasteiger partial charge in [-0.05, 0) is 66.8 Å². The average molecular weight is 380 g/mol. The number of thiophene rings is 1. The van der Waals surface area contributed by atoms with Crippen molar-refractivity contribution < 1.29 is 4.79 Å². The first-order chi connectivity index (χ1) is 13.2. The largest absolute Gasteiger partial charge is 0.334 e. The monoisotopic (exact) mass is 379 g/mol. The van der Waals surface area contributed by atoms with E-state index in [0.717, 1.165) is 44.2 Å². The smallest absolute Gasteiger partial charge is 0.237 e. The van der Waals surface area contributed by atoms with E-state index in [9.17, 15) is 10.1 Å². The minimum absolute atomic E-state index is 0.159. The number of nitrogens with zero attached hydrogens (tertiary/aromatic N) is 2. The molecule has 1 atom stereocenters. The van der Waals surface area contributed by atoms with E-state index in [1.807, 2.05) is 29.5 Å². The number of hydrogen-bond acceptors (Lipinski definition) is 4. The van der Waals surface area contributed by atoms with Crippen LogP contribution in [0.25, 0.3) is 0 Å². The van der Waals surface area contributed by atoms with E-state index in [-0.39, 0.29) is 17.5 Å². The third-order valence-corrected chi connectivity index (χ3v) is 7.13. The maximum Gasteiger partial charge on any atom is 0.237 e. The number of carbonyl (C=O) groups excluding carboxylic acids is 1. The third kappa shape index (κ3) is 3.28. The van der Waals surface area contributed by atoms with E-state index in [4.69, 9.17) is 0 Å². The lowest BCUT2D eigenvalue weighted by Gasteiger charge is -2.44. The molecular formula is C22H25N3OS. The lowest BCUT2D eigenvalue weighted by atomic mass is 9.71. The Kier molecular flexibility index (Phi) is 5.03. The molecule has 1 amide bonds. The predicted octanol–water partition coefficient (Wildman–Crippen LogP) is 4.12. The number of benzene rings is 1. The molecule has 4 rings (SSSR count). The van der Waals surface area contributed by atoms with Crippen molar-refractivity contribution in [1.29, 1.82) is 5.26 Å². The summed E-state index contributed by atoms with van der Waals surface area (Å²) in [4.78, 5) is 16.5. The Morgan fingerprint density at radius 1 is 1.41 bits per heavy atom. The van der Waals surface area contributed by atoms with Crippen molar-refractivity contribution in [1.82, 2.24) is 10.2 Å². The van der Waals surface area contributed by atoms with Crippen LogP contribution in [0, 0.1) is 11.3 Å². The average Bonchev–Trinajstić information content (AvgIpc) is 3.15. The Bertz CT molecular complexity index is 878. The van der Waals surface area contributed by atoms with Crippen LogP contribution in [0.5, 0.6) is 0 Å². The predicted molar refractivity (Wildman–Crippen MR) is 107 cm³/mol. The number of rotatable bonds is 5. The first-order valence-corrected chi connectivity index (χ1v) is 10.7. The molecule has 1 aromatic carbocycles. The fraction of sp³-hybridized carbons (Fsp3) is 0.455. The van der Waals surface area contributed by atoms with Gasteiger partial charge in [0.1, 0.15) is 0 Å². The number of fused-ring (bicyclic) bond motifs is 1. The minimum atomic E-state index is -0.159. The highest BCUT2D eigenvalue weighted by Crippen LogP contribution is 2.41. The Morgan fingerprint density at radius 3 is 2.96 bits per heavy atom. The molecule has 1 fully saturated rings. The summed E-state index contributed by atoms with van der Waals surface area (Å²) in [6.07, 6.45) is 5.09. The summed E-state index contributed by atoms with van der Waals surface area (Å²) in [6, 6.07) is 12.4. The van der Waals surface area contributed by atoms with Gasteiger partial charge in [0.05, 0.1) is 24.2 Å². The van der Waals surface area contributed by atoms with Crippen molar-refractivity contribution in [3.05, 3.63) is 57.3 Å². The summed E-state index contributed by atoms with van der Waals surface area (Å²) < 4.78 is 0. The number of nitrogens with one attached hydrogen (secondary N) is 1. The van der Waals surface area contributed by atoms with Crippen molar-refractivity contribution in [2.45, 2.75) is 50.6 Å². The molecule has 5 heteroatoms. The summed E-state index contributed by atoms with van der Waals surface area (Å²) in [5.74, 6) is 0.182. The second kappa shape index (κ2) is 7.46. The van der Waals surface area contributed by atoms with Crippen molar-refractivity contribution in [3.63, 3.8) is 0 Å². The Hall–Kier alpha value is -2.16. The molecule has 0 radical (unpaired) electrons. The summed E-state index contributed by atoms with van der Waals surface area (Å²) in [5.41, 5.74) is 2.99. The van der Waals surface area contributed by atoms with E-state index >= 15 is 0 Å². The molecule has 0 spiro atoms. The van der Waals surface area contributed by atoms with E-state index in [2.05, 4.69) is 40.7 Å². The molecule has 1 N–H and O–H groups in total. The van der Waals surface area contributed by atoms with E-state index in [0.29, 0.717) is 12.1 Å². The van der Waals surface area contributed by atoms with Crippen LogP contribution in [-0.2, 0) is 16.8 Å². The Morgan fingerprint density at radius 2 is 2.26 bits per heavy atom. The minimum Gasteiger partial charge on any atom is -0.334 e. The van der Waals surface area contributed by atoms with E-state index in [1.165, 1.54) is 10.4 Å². The van der Waals surface area contributed by atoms with Crippen LogP contribution < -0.4 is 5.32 Å². The second-order valence-corrected chi connectivity index (χ2v) is 8.54. The van der Waals surface area contributed by atoms with Crippen LogP contribution in [0.2, 0.25) is 0 Å². The van der Waals surface area contributed by atoms with Crippen LogP contribution in [0.1, 0.15) is 60.2 Å². The third-order valence-electron chi connectivity index (χ3n) is 6.13. The van der Waals surface area contributed by atoms with E-state index in [1.54, 1.807) is 0 Å². The standard InChI is InChI=1S/C22H25N3OS/c1-2-19-18-8-12-27-20(18)7-11-25(19)21(26)15-24-22(9-4-10-22)17-6-3-5-16(13-17)14-23/h3,5-6,8,12-13,19,24H,2,4,7,9-11,15H2,1H3. The maximum atomic E-state index is 13.1. The van der Waals surface area contributed by atoms with E-state index < -0.39 is 0 Å². The molecular weight excluding hydrogens is 354 g/mol. The molecule has 2 aromatic rings. The van der Waals surface area contributed by atoms with Crippen molar-refractivity contribution in [2.75, 3.05) is 13.1 Å². The molecule has 2 heterocycles. The molecule has 27 heavy (non-hydrogen) atoms. The topological polar surface area (TPSA) is 56.1 Å². The Labute approximate surface area is 164 Å². The number of hydrogen-bond donors (Lipinski definition) is 1. The summed E-state index contributed by atoms with van der Waals surface area (Å²) >= 11 is 1.81. The van der Waals surface area contributed by atoms with Crippen molar-refractivity contribution in [2.24, 2.45) is 0 Å². The molecule has 4 nitrogen and oxygen atoms in total. The zero-order valence-corrected chi connectivity index (χ0v) is 16.5. The van der Waals surface area contributed by atoms with Crippen LogP contribution in [0.15, 0.2) is 35.7 Å². The normalized spacial score (nSPS) is 20.4. The van der Waals surface area contributed by atoms with Gasteiger partial charge in [0.25, 0.3) is 0 Å². The van der Waals surface area contributed by atoms with Gasteiger partial charge in [0.2, 0.25) is 5.91 Å². The van der Waals surface area contributed by atoms with Crippen LogP contribution in [0.4, 0.5) is 0 Å². The molecule has 1 aromatic heterocycles. The SMILES string of the molecule is CCC1c2ccsc2CCN1C(=O)CNC1(c2cccc(C#N)c2)CCC1. The highest BCUT2D eigenvalue weighted by Gasteiger charge is 2.39. The molecule has 1 aliphatic carbocycles. The summed E-state index contributed by atoms with van der Waals surface area (Å²) in [5, 5.41) is 14.9. The first-order valence-electron chi connectivity index (χ1n) is 9.78. The van der Waals surface area contributed by atoms with Crippen LogP contribution in [-0.4, -0.2) is 23.9 Å². The Balaban J connectivity index is 1.47. The molecule has 1 unspecified atom stereocenters. The van der Waals surface area contributed by atoms with Gasteiger partial charge in [0.15, 0.2) is 0 Å².